The Kier molecular flexibility index (Phi) is 6.39. The van der Waals surface area contributed by atoms with Crippen LogP contribution in [0.25, 0.3) is 5.65 Å². The molecule has 0 bridgehead atoms. The van der Waals surface area contributed by atoms with Gasteiger partial charge in [-0.25, -0.2) is 4.98 Å². The first-order valence-electron chi connectivity index (χ1n) is 10.5. The molecule has 4 rings (SSSR count). The molecule has 2 atom stereocenters. The van der Waals surface area contributed by atoms with Crippen LogP contribution in [0.15, 0.2) is 53.5 Å². The zero-order valence-electron chi connectivity index (χ0n) is 17.8. The van der Waals surface area contributed by atoms with Crippen molar-refractivity contribution in [3.8, 4) is 0 Å². The first kappa shape index (κ1) is 21.5. The van der Waals surface area contributed by atoms with Gasteiger partial charge in [-0.05, 0) is 62.1 Å². The minimum Gasteiger partial charge on any atom is -0.469 e. The number of aromatic nitrogens is 2. The fourth-order valence-electron chi connectivity index (χ4n) is 4.52. The molecular weight excluding hydrogens is 414 g/mol. The quantitative estimate of drug-likeness (QED) is 0.569. The van der Waals surface area contributed by atoms with Gasteiger partial charge in [0.15, 0.2) is 0 Å². The highest BCUT2D eigenvalue weighted by Gasteiger charge is 2.36. The van der Waals surface area contributed by atoms with E-state index in [1.807, 2.05) is 49.4 Å². The van der Waals surface area contributed by atoms with E-state index in [4.69, 9.17) is 16.3 Å². The van der Waals surface area contributed by atoms with Crippen LogP contribution < -0.4 is 5.56 Å². The van der Waals surface area contributed by atoms with Gasteiger partial charge in [0.05, 0.1) is 13.0 Å². The summed E-state index contributed by atoms with van der Waals surface area (Å²) in [7, 11) is 1.44. The molecule has 6 nitrogen and oxygen atoms in total. The Hall–Kier alpha value is -2.70. The standard InChI is InChI=1S/C24H26ClN3O3/c1-16-19(23(29)28-12-4-3-5-22(28)26-16)10-13-27-14-11-20(21(15-27)24(30)31-2)17-6-8-18(25)9-7-17/h3-9,12,20-21H,10-11,13-15H2,1-2H3. The van der Waals surface area contributed by atoms with Crippen LogP contribution in [0.4, 0.5) is 0 Å². The molecule has 0 N–H and O–H groups in total. The lowest BCUT2D eigenvalue weighted by Gasteiger charge is -2.37. The van der Waals surface area contributed by atoms with Gasteiger partial charge in [0.2, 0.25) is 0 Å². The van der Waals surface area contributed by atoms with Crippen LogP contribution >= 0.6 is 11.6 Å². The largest absolute Gasteiger partial charge is 0.469 e. The number of fused-ring (bicyclic) bond motifs is 1. The number of carbonyl (C=O) groups is 1. The smallest absolute Gasteiger partial charge is 0.310 e. The molecule has 3 heterocycles. The van der Waals surface area contributed by atoms with Crippen molar-refractivity contribution in [2.75, 3.05) is 26.7 Å². The molecule has 0 aliphatic carbocycles. The first-order chi connectivity index (χ1) is 15.0. The number of likely N-dealkylation sites (tertiary alicyclic amines) is 1. The van der Waals surface area contributed by atoms with Gasteiger partial charge in [0, 0.05) is 35.6 Å². The Labute approximate surface area is 186 Å². The van der Waals surface area contributed by atoms with E-state index < -0.39 is 0 Å². The Morgan fingerprint density at radius 1 is 1.23 bits per heavy atom. The van der Waals surface area contributed by atoms with Crippen molar-refractivity contribution in [1.29, 1.82) is 0 Å². The van der Waals surface area contributed by atoms with Gasteiger partial charge in [-0.15, -0.1) is 0 Å². The molecule has 2 unspecified atom stereocenters. The topological polar surface area (TPSA) is 63.9 Å². The van der Waals surface area contributed by atoms with Gasteiger partial charge >= 0.3 is 5.97 Å². The number of hydrogen-bond acceptors (Lipinski definition) is 5. The van der Waals surface area contributed by atoms with Crippen LogP contribution in [0.2, 0.25) is 5.02 Å². The molecule has 0 saturated carbocycles. The molecule has 3 aromatic rings. The van der Waals surface area contributed by atoms with Gasteiger partial charge in [-0.1, -0.05) is 29.8 Å². The van der Waals surface area contributed by atoms with E-state index >= 15 is 0 Å². The molecule has 162 valence electrons. The van der Waals surface area contributed by atoms with Crippen molar-refractivity contribution < 1.29 is 9.53 Å². The number of aryl methyl sites for hydroxylation is 1. The summed E-state index contributed by atoms with van der Waals surface area (Å²) < 4.78 is 6.70. The predicted octanol–water partition coefficient (Wildman–Crippen LogP) is 3.48. The number of hydrogen-bond donors (Lipinski definition) is 0. The van der Waals surface area contributed by atoms with Crippen LogP contribution in [-0.2, 0) is 16.0 Å². The Bertz CT molecular complexity index is 1140. The minimum absolute atomic E-state index is 0.0244. The van der Waals surface area contributed by atoms with Gasteiger partial charge in [0.1, 0.15) is 5.65 Å². The zero-order valence-corrected chi connectivity index (χ0v) is 18.5. The van der Waals surface area contributed by atoms with Crippen molar-refractivity contribution in [1.82, 2.24) is 14.3 Å². The lowest BCUT2D eigenvalue weighted by atomic mass is 9.80. The molecule has 1 aliphatic rings. The number of rotatable bonds is 5. The van der Waals surface area contributed by atoms with E-state index in [1.165, 1.54) is 7.11 Å². The van der Waals surface area contributed by atoms with E-state index in [2.05, 4.69) is 9.88 Å². The summed E-state index contributed by atoms with van der Waals surface area (Å²) in [6, 6.07) is 13.2. The van der Waals surface area contributed by atoms with Crippen molar-refractivity contribution in [3.63, 3.8) is 0 Å². The van der Waals surface area contributed by atoms with Crippen LogP contribution in [-0.4, -0.2) is 47.0 Å². The van der Waals surface area contributed by atoms with Gasteiger partial charge in [-0.3, -0.25) is 14.0 Å². The highest BCUT2D eigenvalue weighted by atomic mass is 35.5. The van der Waals surface area contributed by atoms with Crippen molar-refractivity contribution in [2.45, 2.75) is 25.7 Å². The van der Waals surface area contributed by atoms with Gasteiger partial charge in [0.25, 0.3) is 5.56 Å². The van der Waals surface area contributed by atoms with E-state index in [-0.39, 0.29) is 23.4 Å². The summed E-state index contributed by atoms with van der Waals surface area (Å²) in [5.74, 6) is -0.360. The Morgan fingerprint density at radius 3 is 2.74 bits per heavy atom. The second-order valence-electron chi connectivity index (χ2n) is 8.04. The van der Waals surface area contributed by atoms with Gasteiger partial charge < -0.3 is 9.64 Å². The molecule has 2 aromatic heterocycles. The fraction of sp³-hybridized carbons (Fsp3) is 0.375. The maximum atomic E-state index is 12.9. The molecule has 1 fully saturated rings. The minimum atomic E-state index is -0.253. The number of methoxy groups -OCH3 is 1. The number of ether oxygens (including phenoxy) is 1. The summed E-state index contributed by atoms with van der Waals surface area (Å²) in [6.45, 7) is 4.02. The highest BCUT2D eigenvalue weighted by Crippen LogP contribution is 2.34. The average Bonchev–Trinajstić information content (AvgIpc) is 2.79. The average molecular weight is 440 g/mol. The number of carbonyl (C=O) groups excluding carboxylic acids is 1. The van der Waals surface area contributed by atoms with Crippen LogP contribution in [0.3, 0.4) is 0 Å². The van der Waals surface area contributed by atoms with Crippen LogP contribution in [0, 0.1) is 12.8 Å². The maximum absolute atomic E-state index is 12.9. The second kappa shape index (κ2) is 9.20. The highest BCUT2D eigenvalue weighted by molar-refractivity contribution is 6.30. The summed E-state index contributed by atoms with van der Waals surface area (Å²) >= 11 is 6.03. The van der Waals surface area contributed by atoms with E-state index in [0.29, 0.717) is 30.2 Å². The Morgan fingerprint density at radius 2 is 2.00 bits per heavy atom. The molecular formula is C24H26ClN3O3. The predicted molar refractivity (Wildman–Crippen MR) is 121 cm³/mol. The number of piperidine rings is 1. The van der Waals surface area contributed by atoms with E-state index in [1.54, 1.807) is 10.6 Å². The summed E-state index contributed by atoms with van der Waals surface area (Å²) in [5, 5.41) is 0.682. The molecule has 31 heavy (non-hydrogen) atoms. The second-order valence-corrected chi connectivity index (χ2v) is 8.47. The lowest BCUT2D eigenvalue weighted by Crippen LogP contribution is -2.44. The summed E-state index contributed by atoms with van der Waals surface area (Å²) in [6.07, 6.45) is 3.18. The summed E-state index contributed by atoms with van der Waals surface area (Å²) in [4.78, 5) is 32.3. The summed E-state index contributed by atoms with van der Waals surface area (Å²) in [5.41, 5.74) is 3.22. The number of esters is 1. The molecule has 0 radical (unpaired) electrons. The molecule has 1 aliphatic heterocycles. The number of pyridine rings is 1. The number of benzene rings is 1. The molecule has 0 spiro atoms. The normalized spacial score (nSPS) is 19.5. The third-order valence-corrected chi connectivity index (χ3v) is 6.46. The number of halogens is 1. The third kappa shape index (κ3) is 4.50. The molecule has 1 aromatic carbocycles. The number of nitrogens with zero attached hydrogens (tertiary/aromatic N) is 3. The third-order valence-electron chi connectivity index (χ3n) is 6.21. The van der Waals surface area contributed by atoms with Crippen molar-refractivity contribution in [2.24, 2.45) is 5.92 Å². The maximum Gasteiger partial charge on any atom is 0.310 e. The van der Waals surface area contributed by atoms with E-state index in [9.17, 15) is 9.59 Å². The first-order valence-corrected chi connectivity index (χ1v) is 10.9. The van der Waals surface area contributed by atoms with Crippen LogP contribution in [0.1, 0.15) is 29.2 Å². The van der Waals surface area contributed by atoms with Crippen molar-refractivity contribution >= 4 is 23.2 Å². The molecule has 1 saturated heterocycles. The van der Waals surface area contributed by atoms with Crippen LogP contribution in [0.5, 0.6) is 0 Å². The Balaban J connectivity index is 1.50. The zero-order chi connectivity index (χ0) is 22.0. The SMILES string of the molecule is COC(=O)C1CN(CCc2c(C)nc3ccccn3c2=O)CCC1c1ccc(Cl)cc1. The van der Waals surface area contributed by atoms with Crippen molar-refractivity contribution in [3.05, 3.63) is 80.9 Å². The van der Waals surface area contributed by atoms with Gasteiger partial charge in [-0.2, -0.15) is 0 Å². The monoisotopic (exact) mass is 439 g/mol. The lowest BCUT2D eigenvalue weighted by molar-refractivity contribution is -0.148. The molecule has 7 heteroatoms. The van der Waals surface area contributed by atoms with E-state index in [0.717, 1.165) is 29.8 Å². The fourth-order valence-corrected chi connectivity index (χ4v) is 4.64. The molecule has 0 amide bonds.